The Morgan fingerprint density at radius 3 is 2.62 bits per heavy atom. The summed E-state index contributed by atoms with van der Waals surface area (Å²) in [7, 11) is 1.27. The predicted octanol–water partition coefficient (Wildman–Crippen LogP) is 4.55. The average molecular weight is 433 g/mol. The van der Waals surface area contributed by atoms with E-state index in [1.165, 1.54) is 26.2 Å². The molecule has 0 spiro atoms. The molecule has 1 aliphatic carbocycles. The maximum absolute atomic E-state index is 13.2. The molecule has 29 heavy (non-hydrogen) atoms. The first-order valence-electron chi connectivity index (χ1n) is 8.53. The molecular weight excluding hydrogens is 417 g/mol. The lowest BCUT2D eigenvalue weighted by Crippen LogP contribution is -2.26. The number of nitro benzene ring substituents is 1. The first kappa shape index (κ1) is 20.9. The van der Waals surface area contributed by atoms with Crippen LogP contribution in [0.3, 0.4) is 0 Å². The van der Waals surface area contributed by atoms with Crippen molar-refractivity contribution >= 4 is 28.9 Å². The zero-order valence-corrected chi connectivity index (χ0v) is 16.0. The SMILES string of the molecule is COc1cc([N+](=O)[O-])ccc1NC(=O)C(C)n1nc(C(F)(F)F)c(Cl)c1C1CC1. The van der Waals surface area contributed by atoms with Gasteiger partial charge in [-0.25, -0.2) is 0 Å². The number of anilines is 1. The number of non-ortho nitro benzene ring substituents is 1. The standard InChI is InChI=1S/C17H16ClF3N4O4/c1-8(16(26)22-11-6-5-10(25(27)28)7-12(11)29-2)24-14(9-3-4-9)13(18)15(23-24)17(19,20)21/h5-9H,3-4H2,1-2H3,(H,22,26). The van der Waals surface area contributed by atoms with Crippen LogP contribution in [0.1, 0.15) is 43.1 Å². The minimum Gasteiger partial charge on any atom is -0.494 e. The fourth-order valence-electron chi connectivity index (χ4n) is 2.87. The van der Waals surface area contributed by atoms with E-state index in [0.29, 0.717) is 12.8 Å². The fraction of sp³-hybridized carbons (Fsp3) is 0.412. The van der Waals surface area contributed by atoms with Crippen LogP contribution < -0.4 is 10.1 Å². The molecule has 1 aromatic heterocycles. The monoisotopic (exact) mass is 432 g/mol. The van der Waals surface area contributed by atoms with Gasteiger partial charge in [0.05, 0.1) is 34.5 Å². The first-order chi connectivity index (χ1) is 13.5. The Bertz CT molecular complexity index is 972. The van der Waals surface area contributed by atoms with E-state index in [1.807, 2.05) is 0 Å². The van der Waals surface area contributed by atoms with Gasteiger partial charge in [0.25, 0.3) is 5.69 Å². The summed E-state index contributed by atoms with van der Waals surface area (Å²) < 4.78 is 45.7. The van der Waals surface area contributed by atoms with E-state index in [-0.39, 0.29) is 28.7 Å². The van der Waals surface area contributed by atoms with E-state index in [1.54, 1.807) is 0 Å². The minimum atomic E-state index is -4.75. The number of amides is 1. The second kappa shape index (κ2) is 7.54. The maximum atomic E-state index is 13.2. The second-order valence-corrected chi connectivity index (χ2v) is 6.95. The Balaban J connectivity index is 1.91. The molecule has 1 amide bonds. The number of carbonyl (C=O) groups is 1. The molecule has 156 valence electrons. The normalized spacial score (nSPS) is 15.1. The molecule has 0 saturated heterocycles. The van der Waals surface area contributed by atoms with E-state index >= 15 is 0 Å². The summed E-state index contributed by atoms with van der Waals surface area (Å²) >= 11 is 5.93. The number of rotatable bonds is 6. The van der Waals surface area contributed by atoms with Gasteiger partial charge >= 0.3 is 6.18 Å². The fourth-order valence-corrected chi connectivity index (χ4v) is 3.26. The number of nitrogens with zero attached hydrogens (tertiary/aromatic N) is 3. The average Bonchev–Trinajstić information content (AvgIpc) is 3.42. The van der Waals surface area contributed by atoms with Crippen molar-refractivity contribution in [2.45, 2.75) is 37.9 Å². The lowest BCUT2D eigenvalue weighted by Gasteiger charge is -2.17. The van der Waals surface area contributed by atoms with Gasteiger partial charge in [0.2, 0.25) is 5.91 Å². The van der Waals surface area contributed by atoms with Crippen LogP contribution in [0.15, 0.2) is 18.2 Å². The number of methoxy groups -OCH3 is 1. The quantitative estimate of drug-likeness (QED) is 0.533. The number of ether oxygens (including phenoxy) is 1. The number of alkyl halides is 3. The van der Waals surface area contributed by atoms with Crippen molar-refractivity contribution < 1.29 is 27.6 Å². The molecule has 12 heteroatoms. The summed E-state index contributed by atoms with van der Waals surface area (Å²) in [4.78, 5) is 22.9. The molecule has 1 aliphatic rings. The third-order valence-corrected chi connectivity index (χ3v) is 4.89. The number of aromatic nitrogens is 2. The van der Waals surface area contributed by atoms with Crippen molar-refractivity contribution in [1.82, 2.24) is 9.78 Å². The number of benzene rings is 1. The van der Waals surface area contributed by atoms with E-state index in [2.05, 4.69) is 10.4 Å². The van der Waals surface area contributed by atoms with Crippen LogP contribution in [0.5, 0.6) is 5.75 Å². The predicted molar refractivity (Wildman–Crippen MR) is 97.2 cm³/mol. The van der Waals surface area contributed by atoms with Crippen LogP contribution >= 0.6 is 11.6 Å². The molecule has 1 heterocycles. The van der Waals surface area contributed by atoms with Crippen LogP contribution in [0.25, 0.3) is 0 Å². The summed E-state index contributed by atoms with van der Waals surface area (Å²) in [6.07, 6.45) is -3.43. The van der Waals surface area contributed by atoms with Crippen LogP contribution in [0.4, 0.5) is 24.5 Å². The molecule has 0 aliphatic heterocycles. The molecular formula is C17H16ClF3N4O4. The summed E-state index contributed by atoms with van der Waals surface area (Å²) in [6, 6.07) is 2.47. The number of nitro groups is 1. The number of halogens is 4. The summed E-state index contributed by atoms with van der Waals surface area (Å²) in [5, 5.41) is 16.4. The molecule has 1 atom stereocenters. The zero-order chi connectivity index (χ0) is 21.5. The summed E-state index contributed by atoms with van der Waals surface area (Å²) in [6.45, 7) is 1.39. The smallest absolute Gasteiger partial charge is 0.436 e. The van der Waals surface area contributed by atoms with Crippen molar-refractivity contribution in [3.05, 3.63) is 44.7 Å². The van der Waals surface area contributed by atoms with Crippen molar-refractivity contribution in [2.75, 3.05) is 12.4 Å². The Morgan fingerprint density at radius 1 is 1.45 bits per heavy atom. The van der Waals surface area contributed by atoms with Gasteiger partial charge in [-0.15, -0.1) is 0 Å². The van der Waals surface area contributed by atoms with Gasteiger partial charge in [-0.2, -0.15) is 18.3 Å². The third-order valence-electron chi connectivity index (χ3n) is 4.52. The second-order valence-electron chi connectivity index (χ2n) is 6.57. The van der Waals surface area contributed by atoms with Gasteiger partial charge in [0.1, 0.15) is 11.8 Å². The van der Waals surface area contributed by atoms with Gasteiger partial charge in [0.15, 0.2) is 5.69 Å². The van der Waals surface area contributed by atoms with Gasteiger partial charge in [-0.3, -0.25) is 19.6 Å². The summed E-state index contributed by atoms with van der Waals surface area (Å²) in [5.74, 6) is -0.821. The topological polar surface area (TPSA) is 99.3 Å². The minimum absolute atomic E-state index is 0.0386. The largest absolute Gasteiger partial charge is 0.494 e. The number of nitrogens with one attached hydrogen (secondary N) is 1. The molecule has 8 nitrogen and oxygen atoms in total. The Labute approximate surface area is 167 Å². The Kier molecular flexibility index (Phi) is 5.44. The number of carbonyl (C=O) groups excluding carboxylic acids is 1. The molecule has 1 unspecified atom stereocenters. The van der Waals surface area contributed by atoms with Crippen LogP contribution in [-0.4, -0.2) is 27.7 Å². The molecule has 2 aromatic rings. The van der Waals surface area contributed by atoms with Crippen molar-refractivity contribution in [1.29, 1.82) is 0 Å². The Hall–Kier alpha value is -2.82. The molecule has 0 bridgehead atoms. The van der Waals surface area contributed by atoms with Crippen LogP contribution in [0, 0.1) is 10.1 Å². The molecule has 0 radical (unpaired) electrons. The van der Waals surface area contributed by atoms with Crippen molar-refractivity contribution in [3.63, 3.8) is 0 Å². The van der Waals surface area contributed by atoms with Gasteiger partial charge in [0, 0.05) is 12.0 Å². The highest BCUT2D eigenvalue weighted by Gasteiger charge is 2.43. The lowest BCUT2D eigenvalue weighted by atomic mass is 10.2. The van der Waals surface area contributed by atoms with E-state index in [9.17, 15) is 28.1 Å². The van der Waals surface area contributed by atoms with E-state index < -0.39 is 33.8 Å². The number of hydrogen-bond acceptors (Lipinski definition) is 5. The highest BCUT2D eigenvalue weighted by Crippen LogP contribution is 2.47. The first-order valence-corrected chi connectivity index (χ1v) is 8.90. The zero-order valence-electron chi connectivity index (χ0n) is 15.3. The van der Waals surface area contributed by atoms with Crippen LogP contribution in [0.2, 0.25) is 5.02 Å². The van der Waals surface area contributed by atoms with Gasteiger partial charge in [-0.1, -0.05) is 11.6 Å². The molecule has 1 saturated carbocycles. The number of hydrogen-bond donors (Lipinski definition) is 1. The highest BCUT2D eigenvalue weighted by molar-refractivity contribution is 6.32. The van der Waals surface area contributed by atoms with Gasteiger partial charge in [-0.05, 0) is 25.8 Å². The lowest BCUT2D eigenvalue weighted by molar-refractivity contribution is -0.384. The maximum Gasteiger partial charge on any atom is 0.436 e. The van der Waals surface area contributed by atoms with Crippen molar-refractivity contribution in [3.8, 4) is 5.75 Å². The third kappa shape index (κ3) is 4.14. The van der Waals surface area contributed by atoms with Gasteiger partial charge < -0.3 is 10.1 Å². The van der Waals surface area contributed by atoms with E-state index in [0.717, 1.165) is 10.7 Å². The Morgan fingerprint density at radius 2 is 2.10 bits per heavy atom. The molecule has 1 fully saturated rings. The molecule has 1 N–H and O–H groups in total. The van der Waals surface area contributed by atoms with Crippen molar-refractivity contribution in [2.24, 2.45) is 0 Å². The molecule has 1 aromatic carbocycles. The van der Waals surface area contributed by atoms with E-state index in [4.69, 9.17) is 16.3 Å². The van der Waals surface area contributed by atoms with Crippen LogP contribution in [-0.2, 0) is 11.0 Å². The summed E-state index contributed by atoms with van der Waals surface area (Å²) in [5.41, 5.74) is -1.15. The highest BCUT2D eigenvalue weighted by atomic mass is 35.5. The molecule has 3 rings (SSSR count).